The van der Waals surface area contributed by atoms with Crippen molar-refractivity contribution in [3.05, 3.63) is 42.6 Å². The zero-order valence-corrected chi connectivity index (χ0v) is 11.0. The van der Waals surface area contributed by atoms with E-state index < -0.39 is 5.97 Å². The van der Waals surface area contributed by atoms with E-state index in [1.807, 2.05) is 24.3 Å². The van der Waals surface area contributed by atoms with Crippen LogP contribution in [0.5, 0.6) is 0 Å². The molecule has 3 rings (SSSR count). The monoisotopic (exact) mass is 269 g/mol. The first kappa shape index (κ1) is 12.6. The van der Waals surface area contributed by atoms with Crippen LogP contribution in [0.1, 0.15) is 23.3 Å². The molecule has 0 atom stereocenters. The second kappa shape index (κ2) is 4.92. The molecule has 1 saturated carbocycles. The van der Waals surface area contributed by atoms with E-state index in [1.54, 1.807) is 6.08 Å². The Labute approximate surface area is 116 Å². The number of rotatable bonds is 5. The third-order valence-corrected chi connectivity index (χ3v) is 3.44. The molecule has 5 heteroatoms. The van der Waals surface area contributed by atoms with Crippen molar-refractivity contribution in [3.8, 4) is 0 Å². The third kappa shape index (κ3) is 2.11. The number of aromatic carboxylic acids is 1. The minimum atomic E-state index is -1.05. The van der Waals surface area contributed by atoms with Crippen LogP contribution < -0.4 is 4.90 Å². The molecule has 1 fully saturated rings. The average molecular weight is 269 g/mol. The summed E-state index contributed by atoms with van der Waals surface area (Å²) in [5.74, 6) is -1.05. The molecule has 0 aliphatic heterocycles. The number of carbonyl (C=O) groups is 1. The standard InChI is InChI=1S/C15H15N3O2/c1-2-9-18(10-7-8-10)14-11-5-3-4-6-12(11)16-17-13(14)15(19)20/h2-6,10H,1,7-9H2,(H,19,20). The Morgan fingerprint density at radius 2 is 2.15 bits per heavy atom. The van der Waals surface area contributed by atoms with Gasteiger partial charge in [0, 0.05) is 18.0 Å². The molecule has 0 bridgehead atoms. The molecule has 1 aliphatic rings. The molecule has 0 radical (unpaired) electrons. The molecule has 2 aromatic rings. The SMILES string of the molecule is C=CCN(c1c(C(=O)O)nnc2ccccc12)C1CC1. The van der Waals surface area contributed by atoms with Crippen molar-refractivity contribution in [1.82, 2.24) is 10.2 Å². The van der Waals surface area contributed by atoms with Gasteiger partial charge >= 0.3 is 5.97 Å². The summed E-state index contributed by atoms with van der Waals surface area (Å²) in [6.45, 7) is 4.38. The Kier molecular flexibility index (Phi) is 3.10. The van der Waals surface area contributed by atoms with E-state index >= 15 is 0 Å². The van der Waals surface area contributed by atoms with Gasteiger partial charge in [0.05, 0.1) is 11.2 Å². The fraction of sp³-hybridized carbons (Fsp3) is 0.267. The molecule has 1 aromatic carbocycles. The van der Waals surface area contributed by atoms with Gasteiger partial charge < -0.3 is 10.0 Å². The van der Waals surface area contributed by atoms with Gasteiger partial charge in [-0.25, -0.2) is 4.79 Å². The lowest BCUT2D eigenvalue weighted by atomic mass is 10.1. The lowest BCUT2D eigenvalue weighted by molar-refractivity contribution is 0.0690. The molecular weight excluding hydrogens is 254 g/mol. The predicted octanol–water partition coefficient (Wildman–Crippen LogP) is 2.48. The van der Waals surface area contributed by atoms with Crippen LogP contribution in [0.15, 0.2) is 36.9 Å². The number of anilines is 1. The first-order valence-corrected chi connectivity index (χ1v) is 6.58. The minimum Gasteiger partial charge on any atom is -0.476 e. The maximum atomic E-state index is 11.5. The van der Waals surface area contributed by atoms with Crippen LogP contribution in [0.2, 0.25) is 0 Å². The van der Waals surface area contributed by atoms with Gasteiger partial charge in [0.15, 0.2) is 5.69 Å². The molecule has 0 amide bonds. The van der Waals surface area contributed by atoms with Crippen LogP contribution in [-0.4, -0.2) is 33.9 Å². The second-order valence-corrected chi connectivity index (χ2v) is 4.89. The lowest BCUT2D eigenvalue weighted by Gasteiger charge is -2.25. The minimum absolute atomic E-state index is 0.0115. The van der Waals surface area contributed by atoms with Crippen molar-refractivity contribution in [2.24, 2.45) is 0 Å². The zero-order valence-electron chi connectivity index (χ0n) is 11.0. The Balaban J connectivity index is 2.25. The molecule has 1 N–H and O–H groups in total. The molecule has 102 valence electrons. The molecule has 1 aliphatic carbocycles. The summed E-state index contributed by atoms with van der Waals surface area (Å²) in [7, 11) is 0. The van der Waals surface area contributed by atoms with E-state index in [0.717, 1.165) is 18.2 Å². The van der Waals surface area contributed by atoms with Crippen LogP contribution in [0.3, 0.4) is 0 Å². The number of hydrogen-bond acceptors (Lipinski definition) is 4. The summed E-state index contributed by atoms with van der Waals surface area (Å²) >= 11 is 0. The molecule has 0 spiro atoms. The van der Waals surface area contributed by atoms with E-state index in [2.05, 4.69) is 21.7 Å². The second-order valence-electron chi connectivity index (χ2n) is 4.89. The normalized spacial score (nSPS) is 14.2. The van der Waals surface area contributed by atoms with E-state index in [-0.39, 0.29) is 5.69 Å². The number of hydrogen-bond donors (Lipinski definition) is 1. The van der Waals surface area contributed by atoms with E-state index in [1.165, 1.54) is 0 Å². The van der Waals surface area contributed by atoms with Gasteiger partial charge in [0.1, 0.15) is 0 Å². The van der Waals surface area contributed by atoms with E-state index in [0.29, 0.717) is 23.8 Å². The van der Waals surface area contributed by atoms with Gasteiger partial charge in [0.2, 0.25) is 0 Å². The highest BCUT2D eigenvalue weighted by molar-refractivity contribution is 6.03. The Bertz CT molecular complexity index is 680. The molecule has 1 heterocycles. The summed E-state index contributed by atoms with van der Waals surface area (Å²) in [4.78, 5) is 13.5. The van der Waals surface area contributed by atoms with E-state index in [4.69, 9.17) is 0 Å². The highest BCUT2D eigenvalue weighted by Gasteiger charge is 2.32. The fourth-order valence-electron chi connectivity index (χ4n) is 2.42. The van der Waals surface area contributed by atoms with Gasteiger partial charge in [-0.15, -0.1) is 16.8 Å². The zero-order chi connectivity index (χ0) is 14.1. The van der Waals surface area contributed by atoms with Gasteiger partial charge in [0.25, 0.3) is 0 Å². The van der Waals surface area contributed by atoms with Crippen molar-refractivity contribution in [1.29, 1.82) is 0 Å². The number of carboxylic acid groups (broad SMARTS) is 1. The van der Waals surface area contributed by atoms with Gasteiger partial charge in [-0.1, -0.05) is 24.3 Å². The van der Waals surface area contributed by atoms with Crippen LogP contribution in [0.4, 0.5) is 5.69 Å². The molecule has 1 aromatic heterocycles. The third-order valence-electron chi connectivity index (χ3n) is 3.44. The lowest BCUT2D eigenvalue weighted by Crippen LogP contribution is -2.28. The van der Waals surface area contributed by atoms with Crippen LogP contribution in [0.25, 0.3) is 10.9 Å². The summed E-state index contributed by atoms with van der Waals surface area (Å²) in [6.07, 6.45) is 3.94. The first-order chi connectivity index (χ1) is 9.72. The highest BCUT2D eigenvalue weighted by atomic mass is 16.4. The van der Waals surface area contributed by atoms with Gasteiger partial charge in [-0.2, -0.15) is 0 Å². The summed E-state index contributed by atoms with van der Waals surface area (Å²) in [5, 5.41) is 18.1. The molecule has 0 saturated heterocycles. The Morgan fingerprint density at radius 1 is 1.40 bits per heavy atom. The highest BCUT2D eigenvalue weighted by Crippen LogP contribution is 2.36. The predicted molar refractivity (Wildman–Crippen MR) is 77.1 cm³/mol. The van der Waals surface area contributed by atoms with Crippen molar-refractivity contribution in [2.75, 3.05) is 11.4 Å². The van der Waals surface area contributed by atoms with Crippen molar-refractivity contribution < 1.29 is 9.90 Å². The summed E-state index contributed by atoms with van der Waals surface area (Å²) in [5.41, 5.74) is 1.38. The van der Waals surface area contributed by atoms with Crippen LogP contribution in [0, 0.1) is 0 Å². The number of benzene rings is 1. The van der Waals surface area contributed by atoms with Gasteiger partial charge in [-0.3, -0.25) is 0 Å². The number of nitrogens with zero attached hydrogens (tertiary/aromatic N) is 3. The van der Waals surface area contributed by atoms with Crippen LogP contribution in [-0.2, 0) is 0 Å². The smallest absolute Gasteiger partial charge is 0.358 e. The maximum Gasteiger partial charge on any atom is 0.358 e. The van der Waals surface area contributed by atoms with Crippen molar-refractivity contribution in [3.63, 3.8) is 0 Å². The first-order valence-electron chi connectivity index (χ1n) is 6.58. The molecule has 5 nitrogen and oxygen atoms in total. The number of fused-ring (bicyclic) bond motifs is 1. The molecular formula is C15H15N3O2. The quantitative estimate of drug-likeness (QED) is 0.845. The summed E-state index contributed by atoms with van der Waals surface area (Å²) < 4.78 is 0. The van der Waals surface area contributed by atoms with Crippen molar-refractivity contribution >= 4 is 22.6 Å². The van der Waals surface area contributed by atoms with Gasteiger partial charge in [-0.05, 0) is 18.9 Å². The van der Waals surface area contributed by atoms with Crippen molar-refractivity contribution in [2.45, 2.75) is 18.9 Å². The Morgan fingerprint density at radius 3 is 2.80 bits per heavy atom. The molecule has 20 heavy (non-hydrogen) atoms. The topological polar surface area (TPSA) is 66.3 Å². The van der Waals surface area contributed by atoms with E-state index in [9.17, 15) is 9.90 Å². The largest absolute Gasteiger partial charge is 0.476 e. The Hall–Kier alpha value is -2.43. The molecule has 0 unspecified atom stereocenters. The van der Waals surface area contributed by atoms with Crippen LogP contribution >= 0.6 is 0 Å². The number of carboxylic acids is 1. The average Bonchev–Trinajstić information content (AvgIpc) is 3.28. The number of aromatic nitrogens is 2. The summed E-state index contributed by atoms with van der Waals surface area (Å²) in [6, 6.07) is 7.87. The fourth-order valence-corrected chi connectivity index (χ4v) is 2.42. The maximum absolute atomic E-state index is 11.5.